The highest BCUT2D eigenvalue weighted by Gasteiger charge is 2.50. The molecule has 0 saturated carbocycles. The predicted molar refractivity (Wildman–Crippen MR) is 84.4 cm³/mol. The summed E-state index contributed by atoms with van der Waals surface area (Å²) in [5.41, 5.74) is 0. The lowest BCUT2D eigenvalue weighted by Gasteiger charge is -2.23. The quantitative estimate of drug-likeness (QED) is 0.863. The lowest BCUT2D eigenvalue weighted by molar-refractivity contribution is -0.143. The Kier molecular flexibility index (Phi) is 4.36. The summed E-state index contributed by atoms with van der Waals surface area (Å²) < 4.78 is 1.12. The molecule has 2 bridgehead atoms. The van der Waals surface area contributed by atoms with Crippen LogP contribution in [0.2, 0.25) is 0 Å². The van der Waals surface area contributed by atoms with Gasteiger partial charge in [0.25, 0.3) is 0 Å². The van der Waals surface area contributed by atoms with E-state index >= 15 is 0 Å². The van der Waals surface area contributed by atoms with Crippen molar-refractivity contribution in [2.45, 2.75) is 50.6 Å². The fourth-order valence-corrected chi connectivity index (χ4v) is 5.20. The number of aryl methyl sites for hydroxylation is 1. The van der Waals surface area contributed by atoms with Gasteiger partial charge in [-0.3, -0.25) is 9.59 Å². The molecule has 1 N–H and O–H groups in total. The maximum atomic E-state index is 12.4. The van der Waals surface area contributed by atoms with Crippen LogP contribution in [0, 0.1) is 5.92 Å². The van der Waals surface area contributed by atoms with Crippen molar-refractivity contribution in [3.8, 4) is 0 Å². The van der Waals surface area contributed by atoms with Crippen molar-refractivity contribution in [2.24, 2.45) is 5.92 Å². The summed E-state index contributed by atoms with van der Waals surface area (Å²) in [6.07, 6.45) is 4.73. The van der Waals surface area contributed by atoms with Crippen molar-refractivity contribution in [3.05, 3.63) is 20.8 Å². The van der Waals surface area contributed by atoms with Gasteiger partial charge in [-0.1, -0.05) is 0 Å². The van der Waals surface area contributed by atoms with E-state index in [1.165, 1.54) is 4.88 Å². The number of carbonyl (C=O) groups is 2. The Morgan fingerprint density at radius 2 is 2.19 bits per heavy atom. The van der Waals surface area contributed by atoms with E-state index in [9.17, 15) is 14.7 Å². The van der Waals surface area contributed by atoms with Gasteiger partial charge in [-0.05, 0) is 60.2 Å². The van der Waals surface area contributed by atoms with Gasteiger partial charge in [-0.2, -0.15) is 0 Å². The molecule has 2 aliphatic heterocycles. The molecule has 3 heterocycles. The number of halogens is 1. The average molecular weight is 372 g/mol. The van der Waals surface area contributed by atoms with Gasteiger partial charge in [0.15, 0.2) is 0 Å². The van der Waals surface area contributed by atoms with Crippen LogP contribution in [0.25, 0.3) is 0 Å². The third kappa shape index (κ3) is 3.01. The number of fused-ring (bicyclic) bond motifs is 2. The second kappa shape index (κ2) is 6.08. The number of rotatable bonds is 5. The number of aliphatic carboxylic acids is 1. The summed E-state index contributed by atoms with van der Waals surface area (Å²) in [7, 11) is 0. The first kappa shape index (κ1) is 15.0. The molecule has 3 atom stereocenters. The van der Waals surface area contributed by atoms with Crippen LogP contribution in [0.15, 0.2) is 15.9 Å². The summed E-state index contributed by atoms with van der Waals surface area (Å²) >= 11 is 5.14. The molecular formula is C15H18BrNO3S. The first-order chi connectivity index (χ1) is 10.1. The van der Waals surface area contributed by atoms with E-state index < -0.39 is 5.97 Å². The molecule has 114 valence electrons. The molecule has 21 heavy (non-hydrogen) atoms. The Morgan fingerprint density at radius 3 is 2.81 bits per heavy atom. The summed E-state index contributed by atoms with van der Waals surface area (Å²) in [6.45, 7) is 0. The number of nitrogens with zero attached hydrogens (tertiary/aromatic N) is 1. The van der Waals surface area contributed by atoms with Crippen LogP contribution in [0.3, 0.4) is 0 Å². The molecule has 0 radical (unpaired) electrons. The molecule has 1 amide bonds. The summed E-state index contributed by atoms with van der Waals surface area (Å²) in [4.78, 5) is 26.8. The Bertz CT molecular complexity index is 559. The summed E-state index contributed by atoms with van der Waals surface area (Å²) in [5.74, 6) is -0.953. The minimum absolute atomic E-state index is 0.0594. The van der Waals surface area contributed by atoms with Gasteiger partial charge in [0.05, 0.1) is 9.70 Å². The molecule has 3 rings (SSSR count). The summed E-state index contributed by atoms with van der Waals surface area (Å²) in [6, 6.07) is 4.22. The largest absolute Gasteiger partial charge is 0.481 e. The van der Waals surface area contributed by atoms with E-state index in [-0.39, 0.29) is 23.9 Å². The Morgan fingerprint density at radius 1 is 1.38 bits per heavy atom. The molecule has 2 saturated heterocycles. The van der Waals surface area contributed by atoms with E-state index in [1.807, 2.05) is 11.0 Å². The van der Waals surface area contributed by atoms with Gasteiger partial charge in [-0.25, -0.2) is 0 Å². The van der Waals surface area contributed by atoms with Gasteiger partial charge >= 0.3 is 5.97 Å². The van der Waals surface area contributed by atoms with Gasteiger partial charge in [0.1, 0.15) is 0 Å². The molecule has 0 aliphatic carbocycles. The van der Waals surface area contributed by atoms with E-state index in [0.29, 0.717) is 12.8 Å². The third-order valence-corrected chi connectivity index (χ3v) is 6.27. The van der Waals surface area contributed by atoms with Gasteiger partial charge < -0.3 is 10.0 Å². The third-order valence-electron chi connectivity index (χ3n) is 4.58. The van der Waals surface area contributed by atoms with Crippen LogP contribution in [0.5, 0.6) is 0 Å². The topological polar surface area (TPSA) is 57.6 Å². The number of carboxylic acids is 1. The van der Waals surface area contributed by atoms with Crippen molar-refractivity contribution in [1.29, 1.82) is 0 Å². The second-order valence-electron chi connectivity index (χ2n) is 5.84. The maximum Gasteiger partial charge on any atom is 0.308 e. The SMILES string of the molecule is O=C(O)C1CC2CCC1N2C(=O)CCCc1ccc(Br)s1. The molecule has 0 aromatic carbocycles. The van der Waals surface area contributed by atoms with E-state index in [0.717, 1.165) is 29.5 Å². The van der Waals surface area contributed by atoms with Crippen LogP contribution in [-0.2, 0) is 16.0 Å². The van der Waals surface area contributed by atoms with Gasteiger partial charge in [0.2, 0.25) is 5.91 Å². The van der Waals surface area contributed by atoms with Crippen molar-refractivity contribution in [3.63, 3.8) is 0 Å². The minimum atomic E-state index is -0.747. The molecular weight excluding hydrogens is 354 g/mol. The fraction of sp³-hybridized carbons (Fsp3) is 0.600. The zero-order chi connectivity index (χ0) is 15.0. The zero-order valence-electron chi connectivity index (χ0n) is 11.6. The molecule has 1 aromatic rings. The van der Waals surface area contributed by atoms with Crippen LogP contribution in [0.4, 0.5) is 0 Å². The smallest absolute Gasteiger partial charge is 0.308 e. The van der Waals surface area contributed by atoms with Crippen molar-refractivity contribution in [1.82, 2.24) is 4.90 Å². The first-order valence-corrected chi connectivity index (χ1v) is 8.95. The first-order valence-electron chi connectivity index (χ1n) is 7.34. The molecule has 6 heteroatoms. The lowest BCUT2D eigenvalue weighted by atomic mass is 9.89. The number of carboxylic acid groups (broad SMARTS) is 1. The predicted octanol–water partition coefficient (Wildman–Crippen LogP) is 3.30. The highest BCUT2D eigenvalue weighted by Crippen LogP contribution is 2.42. The van der Waals surface area contributed by atoms with Crippen molar-refractivity contribution in [2.75, 3.05) is 0 Å². The number of thiophene rings is 1. The molecule has 3 unspecified atom stereocenters. The van der Waals surface area contributed by atoms with Crippen LogP contribution < -0.4 is 0 Å². The second-order valence-corrected chi connectivity index (χ2v) is 8.39. The summed E-state index contributed by atoms with van der Waals surface area (Å²) in [5, 5.41) is 9.22. The highest BCUT2D eigenvalue weighted by molar-refractivity contribution is 9.11. The standard InChI is InChI=1S/C15H18BrNO3S/c16-13-7-5-10(21-13)2-1-3-14(18)17-9-4-6-12(17)11(8-9)15(19)20/h5,7,9,11-12H,1-4,6,8H2,(H,19,20). The Hall–Kier alpha value is -0.880. The molecule has 0 spiro atoms. The number of amides is 1. The van der Waals surface area contributed by atoms with E-state index in [4.69, 9.17) is 0 Å². The number of hydrogen-bond acceptors (Lipinski definition) is 3. The zero-order valence-corrected chi connectivity index (χ0v) is 14.0. The maximum absolute atomic E-state index is 12.4. The van der Waals surface area contributed by atoms with Crippen LogP contribution in [-0.4, -0.2) is 34.0 Å². The average Bonchev–Trinajstić information content (AvgIpc) is 3.12. The molecule has 1 aromatic heterocycles. The Labute approximate surface area is 136 Å². The number of carbonyl (C=O) groups excluding carboxylic acids is 1. The minimum Gasteiger partial charge on any atom is -0.481 e. The monoisotopic (exact) mass is 371 g/mol. The van der Waals surface area contributed by atoms with Crippen molar-refractivity contribution >= 4 is 39.1 Å². The molecule has 4 nitrogen and oxygen atoms in total. The molecule has 2 aliphatic rings. The van der Waals surface area contributed by atoms with Crippen LogP contribution >= 0.6 is 27.3 Å². The van der Waals surface area contributed by atoms with Gasteiger partial charge in [-0.15, -0.1) is 11.3 Å². The van der Waals surface area contributed by atoms with Crippen molar-refractivity contribution < 1.29 is 14.7 Å². The van der Waals surface area contributed by atoms with Crippen LogP contribution in [0.1, 0.15) is 37.0 Å². The van der Waals surface area contributed by atoms with Gasteiger partial charge in [0, 0.05) is 23.4 Å². The van der Waals surface area contributed by atoms with E-state index in [2.05, 4.69) is 22.0 Å². The highest BCUT2D eigenvalue weighted by atomic mass is 79.9. The fourth-order valence-electron chi connectivity index (χ4n) is 3.67. The number of hydrogen-bond donors (Lipinski definition) is 1. The van der Waals surface area contributed by atoms with E-state index in [1.54, 1.807) is 11.3 Å². The lowest BCUT2D eigenvalue weighted by Crippen LogP contribution is -2.37. The normalized spacial score (nSPS) is 27.3. The Balaban J connectivity index is 1.53. The molecule has 2 fully saturated rings.